The molecule has 1 aliphatic heterocycles. The van der Waals surface area contributed by atoms with Gasteiger partial charge in [-0.05, 0) is 44.0 Å². The molecular weight excluding hydrogens is 346 g/mol. The van der Waals surface area contributed by atoms with Crippen LogP contribution in [0.25, 0.3) is 0 Å². The zero-order valence-corrected chi connectivity index (χ0v) is 15.6. The number of aromatic nitrogens is 2. The maximum atomic E-state index is 12.5. The van der Waals surface area contributed by atoms with E-state index < -0.39 is 0 Å². The summed E-state index contributed by atoms with van der Waals surface area (Å²) in [5.41, 5.74) is 2.04. The average Bonchev–Trinajstić information content (AvgIpc) is 3.16. The molecule has 3 N–H and O–H groups in total. The van der Waals surface area contributed by atoms with E-state index in [4.69, 9.17) is 4.74 Å². The zero-order chi connectivity index (χ0) is 19.2. The van der Waals surface area contributed by atoms with Crippen LogP contribution in [0.3, 0.4) is 0 Å². The number of piperidine rings is 1. The summed E-state index contributed by atoms with van der Waals surface area (Å²) in [4.78, 5) is 26.5. The van der Waals surface area contributed by atoms with Crippen LogP contribution in [0.4, 0.5) is 10.5 Å². The van der Waals surface area contributed by atoms with E-state index in [-0.39, 0.29) is 17.9 Å². The lowest BCUT2D eigenvalue weighted by atomic mass is 9.94. The number of likely N-dealkylation sites (tertiary alicyclic amines) is 1. The van der Waals surface area contributed by atoms with Crippen molar-refractivity contribution in [1.29, 1.82) is 0 Å². The maximum absolute atomic E-state index is 12.5. The van der Waals surface area contributed by atoms with Crippen molar-refractivity contribution in [3.05, 3.63) is 41.7 Å². The van der Waals surface area contributed by atoms with Crippen LogP contribution in [-0.2, 0) is 0 Å². The van der Waals surface area contributed by atoms with Gasteiger partial charge in [0.2, 0.25) is 0 Å². The molecule has 1 fully saturated rings. The number of hydrogen-bond donors (Lipinski definition) is 3. The van der Waals surface area contributed by atoms with Gasteiger partial charge in [-0.1, -0.05) is 0 Å². The molecule has 8 nitrogen and oxygen atoms in total. The Kier molecular flexibility index (Phi) is 5.95. The first-order valence-electron chi connectivity index (χ1n) is 9.13. The van der Waals surface area contributed by atoms with Gasteiger partial charge in [0.1, 0.15) is 5.75 Å². The monoisotopic (exact) mass is 371 g/mol. The predicted octanol–water partition coefficient (Wildman–Crippen LogP) is 2.58. The topological polar surface area (TPSA) is 99.4 Å². The van der Waals surface area contributed by atoms with Crippen LogP contribution in [0.15, 0.2) is 30.5 Å². The van der Waals surface area contributed by atoms with E-state index in [0.717, 1.165) is 25.1 Å². The van der Waals surface area contributed by atoms with Crippen molar-refractivity contribution >= 4 is 17.6 Å². The van der Waals surface area contributed by atoms with E-state index in [0.29, 0.717) is 30.1 Å². The first kappa shape index (κ1) is 18.8. The lowest BCUT2D eigenvalue weighted by molar-refractivity contribution is 0.102. The first-order chi connectivity index (χ1) is 13.1. The molecule has 0 aliphatic carbocycles. The number of methoxy groups -OCH3 is 1. The van der Waals surface area contributed by atoms with Gasteiger partial charge >= 0.3 is 6.03 Å². The van der Waals surface area contributed by atoms with E-state index in [1.165, 1.54) is 0 Å². The summed E-state index contributed by atoms with van der Waals surface area (Å²) in [5, 5.41) is 12.9. The average molecular weight is 371 g/mol. The number of aromatic amines is 1. The molecule has 2 heterocycles. The van der Waals surface area contributed by atoms with Crippen LogP contribution in [0, 0.1) is 0 Å². The highest BCUT2D eigenvalue weighted by atomic mass is 16.5. The number of carbonyl (C=O) groups is 2. The summed E-state index contributed by atoms with van der Waals surface area (Å²) >= 11 is 0. The Morgan fingerprint density at radius 1 is 1.33 bits per heavy atom. The van der Waals surface area contributed by atoms with Crippen LogP contribution in [0.2, 0.25) is 0 Å². The van der Waals surface area contributed by atoms with Crippen molar-refractivity contribution in [3.8, 4) is 5.75 Å². The van der Waals surface area contributed by atoms with Gasteiger partial charge in [0.25, 0.3) is 5.91 Å². The SMILES string of the molecule is CCNC(=O)N1CCC[C@@H](c2[nH]ncc2NC(=O)c2ccc(OC)cc2)C1. The number of anilines is 1. The molecule has 0 saturated carbocycles. The van der Waals surface area contributed by atoms with Crippen molar-refractivity contribution in [2.75, 3.05) is 32.1 Å². The third kappa shape index (κ3) is 4.39. The Bertz CT molecular complexity index is 787. The first-order valence-corrected chi connectivity index (χ1v) is 9.13. The molecule has 144 valence electrons. The Hall–Kier alpha value is -3.03. The van der Waals surface area contributed by atoms with Gasteiger partial charge in [-0.3, -0.25) is 9.89 Å². The molecule has 0 unspecified atom stereocenters. The fraction of sp³-hybridized carbons (Fsp3) is 0.421. The van der Waals surface area contributed by atoms with Crippen molar-refractivity contribution in [2.24, 2.45) is 0 Å². The number of benzene rings is 1. The Morgan fingerprint density at radius 3 is 2.81 bits per heavy atom. The minimum Gasteiger partial charge on any atom is -0.497 e. The molecule has 1 aromatic carbocycles. The second kappa shape index (κ2) is 8.57. The molecule has 1 atom stereocenters. The van der Waals surface area contributed by atoms with Crippen molar-refractivity contribution in [3.63, 3.8) is 0 Å². The minimum atomic E-state index is -0.211. The summed E-state index contributed by atoms with van der Waals surface area (Å²) in [5.74, 6) is 0.593. The van der Waals surface area contributed by atoms with Crippen molar-refractivity contribution in [1.82, 2.24) is 20.4 Å². The number of rotatable bonds is 5. The molecular formula is C19H25N5O3. The molecule has 0 spiro atoms. The lowest BCUT2D eigenvalue weighted by Crippen LogP contribution is -2.45. The van der Waals surface area contributed by atoms with Gasteiger partial charge in [0.05, 0.1) is 24.7 Å². The highest BCUT2D eigenvalue weighted by Crippen LogP contribution is 2.30. The van der Waals surface area contributed by atoms with E-state index in [2.05, 4.69) is 20.8 Å². The summed E-state index contributed by atoms with van der Waals surface area (Å²) < 4.78 is 5.12. The Labute approximate surface area is 158 Å². The van der Waals surface area contributed by atoms with E-state index in [1.807, 2.05) is 11.8 Å². The molecule has 2 aromatic rings. The summed E-state index contributed by atoms with van der Waals surface area (Å²) in [7, 11) is 1.58. The van der Waals surface area contributed by atoms with Gasteiger partial charge in [-0.2, -0.15) is 5.10 Å². The van der Waals surface area contributed by atoms with Gasteiger partial charge < -0.3 is 20.3 Å². The third-order valence-electron chi connectivity index (χ3n) is 4.71. The predicted molar refractivity (Wildman–Crippen MR) is 102 cm³/mol. The van der Waals surface area contributed by atoms with Crippen LogP contribution in [0.5, 0.6) is 5.75 Å². The fourth-order valence-corrected chi connectivity index (χ4v) is 3.30. The number of hydrogen-bond acceptors (Lipinski definition) is 4. The molecule has 27 heavy (non-hydrogen) atoms. The van der Waals surface area contributed by atoms with Crippen LogP contribution in [-0.4, -0.2) is 53.8 Å². The summed E-state index contributed by atoms with van der Waals surface area (Å²) in [6, 6.07) is 6.87. The number of carbonyl (C=O) groups excluding carboxylic acids is 2. The second-order valence-electron chi connectivity index (χ2n) is 6.50. The third-order valence-corrected chi connectivity index (χ3v) is 4.71. The van der Waals surface area contributed by atoms with Crippen LogP contribution >= 0.6 is 0 Å². The number of nitrogens with zero attached hydrogens (tertiary/aromatic N) is 2. The number of ether oxygens (including phenoxy) is 1. The largest absolute Gasteiger partial charge is 0.497 e. The van der Waals surface area contributed by atoms with Gasteiger partial charge in [0.15, 0.2) is 0 Å². The summed E-state index contributed by atoms with van der Waals surface area (Å²) in [6.45, 7) is 3.84. The number of amides is 3. The molecule has 3 amide bonds. The quantitative estimate of drug-likeness (QED) is 0.752. The highest BCUT2D eigenvalue weighted by Gasteiger charge is 2.27. The van der Waals surface area contributed by atoms with Gasteiger partial charge in [-0.25, -0.2) is 4.79 Å². The molecule has 1 aliphatic rings. The normalized spacial score (nSPS) is 16.7. The summed E-state index contributed by atoms with van der Waals surface area (Å²) in [6.07, 6.45) is 3.46. The molecule has 1 saturated heterocycles. The van der Waals surface area contributed by atoms with E-state index in [1.54, 1.807) is 37.6 Å². The molecule has 0 radical (unpaired) electrons. The standard InChI is InChI=1S/C19H25N5O3/c1-3-20-19(26)24-10-4-5-14(12-24)17-16(11-21-23-17)22-18(25)13-6-8-15(27-2)9-7-13/h6-9,11,14H,3-5,10,12H2,1-2H3,(H,20,26)(H,21,23)(H,22,25)/t14-/m1/s1. The maximum Gasteiger partial charge on any atom is 0.317 e. The van der Waals surface area contributed by atoms with E-state index >= 15 is 0 Å². The fourth-order valence-electron chi connectivity index (χ4n) is 3.30. The Morgan fingerprint density at radius 2 is 2.11 bits per heavy atom. The minimum absolute atomic E-state index is 0.0504. The van der Waals surface area contributed by atoms with Crippen molar-refractivity contribution < 1.29 is 14.3 Å². The highest BCUT2D eigenvalue weighted by molar-refractivity contribution is 6.04. The molecule has 3 rings (SSSR count). The number of nitrogens with one attached hydrogen (secondary N) is 3. The zero-order valence-electron chi connectivity index (χ0n) is 15.6. The van der Waals surface area contributed by atoms with Crippen molar-refractivity contribution in [2.45, 2.75) is 25.7 Å². The molecule has 1 aromatic heterocycles. The lowest BCUT2D eigenvalue weighted by Gasteiger charge is -2.32. The number of urea groups is 1. The second-order valence-corrected chi connectivity index (χ2v) is 6.50. The molecule has 0 bridgehead atoms. The van der Waals surface area contributed by atoms with E-state index in [9.17, 15) is 9.59 Å². The van der Waals surface area contributed by atoms with Crippen LogP contribution in [0.1, 0.15) is 41.7 Å². The smallest absolute Gasteiger partial charge is 0.317 e. The molecule has 8 heteroatoms. The number of H-pyrrole nitrogens is 1. The van der Waals surface area contributed by atoms with Crippen LogP contribution < -0.4 is 15.4 Å². The van der Waals surface area contributed by atoms with Gasteiger partial charge in [0, 0.05) is 31.1 Å². The Balaban J connectivity index is 1.69. The van der Waals surface area contributed by atoms with Gasteiger partial charge in [-0.15, -0.1) is 0 Å².